The Morgan fingerprint density at radius 1 is 1.11 bits per heavy atom. The van der Waals surface area contributed by atoms with Gasteiger partial charge < -0.3 is 15.3 Å². The van der Waals surface area contributed by atoms with E-state index in [9.17, 15) is 0 Å². The van der Waals surface area contributed by atoms with Crippen LogP contribution in [0.15, 0.2) is 0 Å². The minimum absolute atomic E-state index is 0.905. The molecular formula is C6H14O3. The summed E-state index contributed by atoms with van der Waals surface area (Å²) in [5, 5.41) is 26.9. The fraction of sp³-hybridized carbons (Fsp3) is 1.00. The number of hydrogen-bond donors (Lipinski definition) is 3. The summed E-state index contributed by atoms with van der Waals surface area (Å²) < 4.78 is 0. The van der Waals surface area contributed by atoms with Gasteiger partial charge in [-0.15, -0.1) is 0 Å². The molecule has 3 atom stereocenters. The predicted octanol–water partition coefficient (Wildman–Crippen LogP) is -0.501. The van der Waals surface area contributed by atoms with Gasteiger partial charge in [0.05, 0.1) is 12.2 Å². The van der Waals surface area contributed by atoms with Crippen molar-refractivity contribution in [1.82, 2.24) is 0 Å². The van der Waals surface area contributed by atoms with Gasteiger partial charge in [0.25, 0.3) is 0 Å². The molecular weight excluding hydrogens is 120 g/mol. The molecule has 56 valence electrons. The first-order valence-corrected chi connectivity index (χ1v) is 2.97. The first-order chi connectivity index (χ1) is 3.89. The van der Waals surface area contributed by atoms with Gasteiger partial charge in [-0.05, 0) is 20.8 Å². The molecule has 0 radical (unpaired) electrons. The summed E-state index contributed by atoms with van der Waals surface area (Å²) in [6.07, 6.45) is -1.81. The van der Waals surface area contributed by atoms with Crippen LogP contribution in [-0.4, -0.2) is 33.1 Å². The Balaban J connectivity index is 4.01. The van der Waals surface area contributed by atoms with Gasteiger partial charge in [0.2, 0.25) is 0 Å². The van der Waals surface area contributed by atoms with Gasteiger partial charge in [-0.25, -0.2) is 0 Å². The topological polar surface area (TPSA) is 60.7 Å². The zero-order chi connectivity index (χ0) is 7.65. The van der Waals surface area contributed by atoms with Crippen LogP contribution in [-0.2, 0) is 0 Å². The average Bonchev–Trinajstić information content (AvgIpc) is 1.65. The molecule has 0 amide bonds. The largest absolute Gasteiger partial charge is 0.390 e. The fourth-order valence-electron chi connectivity index (χ4n) is 0.349. The van der Waals surface area contributed by atoms with E-state index >= 15 is 0 Å². The molecule has 0 aromatic heterocycles. The van der Waals surface area contributed by atoms with Gasteiger partial charge in [-0.1, -0.05) is 0 Å². The van der Waals surface area contributed by atoms with Crippen molar-refractivity contribution in [2.24, 2.45) is 0 Å². The summed E-state index contributed by atoms with van der Waals surface area (Å²) >= 11 is 0. The van der Waals surface area contributed by atoms with E-state index in [2.05, 4.69) is 0 Å². The van der Waals surface area contributed by atoms with E-state index in [0.29, 0.717) is 0 Å². The molecule has 0 bridgehead atoms. The Hall–Kier alpha value is -0.120. The lowest BCUT2D eigenvalue weighted by molar-refractivity contribution is -0.121. The maximum absolute atomic E-state index is 9.17. The Morgan fingerprint density at radius 2 is 1.33 bits per heavy atom. The standard InChI is InChI=1S/C6H14O3/c1-4(7)6(3,9)5(2)8/h4-5,7-9H,1-3H3/t4-,5+,6?. The van der Waals surface area contributed by atoms with Crippen LogP contribution in [0.5, 0.6) is 0 Å². The quantitative estimate of drug-likeness (QED) is 0.477. The smallest absolute Gasteiger partial charge is 0.113 e. The zero-order valence-corrected chi connectivity index (χ0v) is 6.00. The lowest BCUT2D eigenvalue weighted by Gasteiger charge is -2.29. The number of aliphatic hydroxyl groups is 3. The second-order valence-electron chi connectivity index (χ2n) is 2.58. The first-order valence-electron chi connectivity index (χ1n) is 2.97. The third-order valence-electron chi connectivity index (χ3n) is 1.69. The van der Waals surface area contributed by atoms with E-state index in [1.807, 2.05) is 0 Å². The molecule has 0 saturated carbocycles. The van der Waals surface area contributed by atoms with E-state index in [-0.39, 0.29) is 0 Å². The second kappa shape index (κ2) is 2.64. The van der Waals surface area contributed by atoms with Crippen LogP contribution in [0, 0.1) is 0 Å². The number of hydrogen-bond acceptors (Lipinski definition) is 3. The van der Waals surface area contributed by atoms with Crippen molar-refractivity contribution >= 4 is 0 Å². The van der Waals surface area contributed by atoms with E-state index in [1.54, 1.807) is 0 Å². The highest BCUT2D eigenvalue weighted by Gasteiger charge is 2.31. The van der Waals surface area contributed by atoms with Crippen molar-refractivity contribution in [3.63, 3.8) is 0 Å². The van der Waals surface area contributed by atoms with Crippen molar-refractivity contribution in [1.29, 1.82) is 0 Å². The van der Waals surface area contributed by atoms with E-state index < -0.39 is 17.8 Å². The third-order valence-corrected chi connectivity index (χ3v) is 1.69. The Kier molecular flexibility index (Phi) is 2.61. The molecule has 0 heterocycles. The van der Waals surface area contributed by atoms with E-state index in [4.69, 9.17) is 15.3 Å². The Labute approximate surface area is 54.9 Å². The lowest BCUT2D eigenvalue weighted by Crippen LogP contribution is -2.46. The van der Waals surface area contributed by atoms with Gasteiger partial charge in [0.15, 0.2) is 0 Å². The SMILES string of the molecule is C[C@H](O)C(C)(O)[C@@H](C)O. The average molecular weight is 134 g/mol. The maximum Gasteiger partial charge on any atom is 0.113 e. The third kappa shape index (κ3) is 1.93. The summed E-state index contributed by atoms with van der Waals surface area (Å²) in [6, 6.07) is 0. The van der Waals surface area contributed by atoms with Gasteiger partial charge >= 0.3 is 0 Å². The minimum atomic E-state index is -1.39. The van der Waals surface area contributed by atoms with E-state index in [0.717, 1.165) is 0 Å². The molecule has 1 unspecified atom stereocenters. The van der Waals surface area contributed by atoms with Crippen molar-refractivity contribution in [2.45, 2.75) is 38.6 Å². The van der Waals surface area contributed by atoms with Gasteiger partial charge in [-0.3, -0.25) is 0 Å². The second-order valence-corrected chi connectivity index (χ2v) is 2.58. The van der Waals surface area contributed by atoms with Crippen LogP contribution in [0.3, 0.4) is 0 Å². The van der Waals surface area contributed by atoms with E-state index in [1.165, 1.54) is 20.8 Å². The molecule has 0 fully saturated rings. The Morgan fingerprint density at radius 3 is 1.33 bits per heavy atom. The summed E-state index contributed by atoms with van der Waals surface area (Å²) in [4.78, 5) is 0. The molecule has 0 aromatic rings. The maximum atomic E-state index is 9.17. The Bertz CT molecular complexity index is 76.3. The van der Waals surface area contributed by atoms with Crippen molar-refractivity contribution < 1.29 is 15.3 Å². The van der Waals surface area contributed by atoms with Crippen LogP contribution >= 0.6 is 0 Å². The monoisotopic (exact) mass is 134 g/mol. The fourth-order valence-corrected chi connectivity index (χ4v) is 0.349. The molecule has 0 rings (SSSR count). The molecule has 0 saturated heterocycles. The predicted molar refractivity (Wildman–Crippen MR) is 34.0 cm³/mol. The van der Waals surface area contributed by atoms with Gasteiger partial charge in [-0.2, -0.15) is 0 Å². The van der Waals surface area contributed by atoms with Crippen molar-refractivity contribution in [3.05, 3.63) is 0 Å². The number of rotatable bonds is 2. The highest BCUT2D eigenvalue weighted by molar-refractivity contribution is 4.83. The lowest BCUT2D eigenvalue weighted by atomic mass is 9.95. The summed E-state index contributed by atoms with van der Waals surface area (Å²) in [6.45, 7) is 4.27. The first kappa shape index (κ1) is 8.88. The molecule has 0 aromatic carbocycles. The zero-order valence-electron chi connectivity index (χ0n) is 6.00. The van der Waals surface area contributed by atoms with Crippen LogP contribution in [0.4, 0.5) is 0 Å². The molecule has 9 heavy (non-hydrogen) atoms. The minimum Gasteiger partial charge on any atom is -0.390 e. The molecule has 0 spiro atoms. The molecule has 3 nitrogen and oxygen atoms in total. The summed E-state index contributed by atoms with van der Waals surface area (Å²) in [5.74, 6) is 0. The summed E-state index contributed by atoms with van der Waals surface area (Å²) in [7, 11) is 0. The van der Waals surface area contributed by atoms with Crippen LogP contribution < -0.4 is 0 Å². The highest BCUT2D eigenvalue weighted by atomic mass is 16.4. The van der Waals surface area contributed by atoms with Crippen LogP contribution in [0.25, 0.3) is 0 Å². The summed E-state index contributed by atoms with van der Waals surface area (Å²) in [5.41, 5.74) is -1.39. The van der Waals surface area contributed by atoms with Crippen molar-refractivity contribution in [2.75, 3.05) is 0 Å². The highest BCUT2D eigenvalue weighted by Crippen LogP contribution is 2.13. The van der Waals surface area contributed by atoms with Gasteiger partial charge in [0, 0.05) is 0 Å². The van der Waals surface area contributed by atoms with Crippen molar-refractivity contribution in [3.8, 4) is 0 Å². The molecule has 0 aliphatic rings. The normalized spacial score (nSPS) is 24.7. The van der Waals surface area contributed by atoms with Gasteiger partial charge in [0.1, 0.15) is 5.60 Å². The molecule has 3 heteroatoms. The number of aliphatic hydroxyl groups excluding tert-OH is 2. The van der Waals surface area contributed by atoms with Crippen LogP contribution in [0.1, 0.15) is 20.8 Å². The molecule has 0 aliphatic carbocycles. The molecule has 0 aliphatic heterocycles. The molecule has 3 N–H and O–H groups in total. The van der Waals surface area contributed by atoms with Crippen LogP contribution in [0.2, 0.25) is 0 Å².